The first kappa shape index (κ1) is 30.0. The minimum Gasteiger partial charge on any atom is -0.478 e. The molecule has 0 aliphatic carbocycles. The molecule has 3 rings (SSSR count). The summed E-state index contributed by atoms with van der Waals surface area (Å²) in [7, 11) is 0. The molecule has 6 nitrogen and oxygen atoms in total. The van der Waals surface area contributed by atoms with Crippen molar-refractivity contribution in [2.24, 2.45) is 0 Å². The number of amides is 1. The molecule has 2 aromatic carbocycles. The van der Waals surface area contributed by atoms with E-state index in [1.807, 2.05) is 0 Å². The van der Waals surface area contributed by atoms with E-state index >= 15 is 4.39 Å². The van der Waals surface area contributed by atoms with Crippen LogP contribution in [0.25, 0.3) is 17.3 Å². The monoisotopic (exact) mass is 560 g/mol. The third kappa shape index (κ3) is 8.49. The van der Waals surface area contributed by atoms with Gasteiger partial charge in [-0.25, -0.2) is 22.9 Å². The zero-order valence-electron chi connectivity index (χ0n) is 21.9. The van der Waals surface area contributed by atoms with Crippen molar-refractivity contribution in [3.8, 4) is 11.3 Å². The Morgan fingerprint density at radius 2 is 1.79 bits per heavy atom. The van der Waals surface area contributed by atoms with Crippen LogP contribution in [0.1, 0.15) is 67.4 Å². The number of benzene rings is 2. The number of carboxylic acid groups (broad SMARTS) is 1. The Balaban J connectivity index is 1.63. The molecule has 1 amide bonds. The average molecular weight is 561 g/mol. The number of thiazole rings is 1. The molecule has 0 radical (unpaired) electrons. The minimum absolute atomic E-state index is 0.128. The van der Waals surface area contributed by atoms with E-state index in [1.165, 1.54) is 19.8 Å². The fourth-order valence-electron chi connectivity index (χ4n) is 3.82. The standard InChI is InChI=1S/C29H31F3N2O4S/c1-3-4-5-6-12-38-13-8-10-19-9-7-11-21(26(19)32)25-17-39-29(33-25)34-27(35)20-15-23(30)22(24(31)16-20)14-18(2)28(36)37/h7,9,11,14-17H,3-6,8,10,12-13H2,1-2H3,(H,36,37)(H,33,34,35)/b18-14+. The summed E-state index contributed by atoms with van der Waals surface area (Å²) in [6, 6.07) is 6.68. The first-order chi connectivity index (χ1) is 18.7. The van der Waals surface area contributed by atoms with Crippen LogP contribution >= 0.6 is 11.3 Å². The number of halogens is 3. The lowest BCUT2D eigenvalue weighted by molar-refractivity contribution is -0.132. The highest BCUT2D eigenvalue weighted by molar-refractivity contribution is 7.14. The van der Waals surface area contributed by atoms with Crippen molar-refractivity contribution in [2.75, 3.05) is 18.5 Å². The quantitative estimate of drug-likeness (QED) is 0.157. The van der Waals surface area contributed by atoms with Crippen molar-refractivity contribution < 1.29 is 32.6 Å². The largest absolute Gasteiger partial charge is 0.478 e. The molecule has 0 aliphatic rings. The molecule has 0 fully saturated rings. The van der Waals surface area contributed by atoms with Gasteiger partial charge in [0.05, 0.1) is 5.69 Å². The van der Waals surface area contributed by atoms with Crippen molar-refractivity contribution in [3.63, 3.8) is 0 Å². The summed E-state index contributed by atoms with van der Waals surface area (Å²) < 4.78 is 49.7. The molecule has 0 atom stereocenters. The van der Waals surface area contributed by atoms with Crippen LogP contribution in [0.2, 0.25) is 0 Å². The van der Waals surface area contributed by atoms with E-state index < -0.39 is 34.9 Å². The highest BCUT2D eigenvalue weighted by Crippen LogP contribution is 2.29. The summed E-state index contributed by atoms with van der Waals surface area (Å²) in [5.41, 5.74) is 0.0155. The van der Waals surface area contributed by atoms with Gasteiger partial charge in [0.1, 0.15) is 17.5 Å². The Labute approximate surface area is 229 Å². The number of aliphatic carboxylic acids is 1. The molecule has 3 aromatic rings. The number of anilines is 1. The fraction of sp³-hybridized carbons (Fsp3) is 0.345. The average Bonchev–Trinajstić information content (AvgIpc) is 3.36. The van der Waals surface area contributed by atoms with Gasteiger partial charge in [0.15, 0.2) is 5.13 Å². The van der Waals surface area contributed by atoms with Gasteiger partial charge < -0.3 is 9.84 Å². The van der Waals surface area contributed by atoms with E-state index in [2.05, 4.69) is 17.2 Å². The maximum atomic E-state index is 15.2. The maximum Gasteiger partial charge on any atom is 0.331 e. The molecule has 0 aliphatic heterocycles. The summed E-state index contributed by atoms with van der Waals surface area (Å²) in [5.74, 6) is -4.70. The van der Waals surface area contributed by atoms with Gasteiger partial charge in [-0.2, -0.15) is 0 Å². The number of ether oxygens (including phenoxy) is 1. The Bertz CT molecular complexity index is 1320. The van der Waals surface area contributed by atoms with Gasteiger partial charge >= 0.3 is 5.97 Å². The van der Waals surface area contributed by atoms with Gasteiger partial charge in [-0.3, -0.25) is 10.1 Å². The molecular weight excluding hydrogens is 529 g/mol. The molecule has 39 heavy (non-hydrogen) atoms. The van der Waals surface area contributed by atoms with Crippen LogP contribution in [-0.2, 0) is 16.0 Å². The zero-order chi connectivity index (χ0) is 28.4. The van der Waals surface area contributed by atoms with E-state index in [9.17, 15) is 18.4 Å². The van der Waals surface area contributed by atoms with E-state index in [0.717, 1.165) is 42.4 Å². The molecule has 0 spiro atoms. The number of aryl methyl sites for hydroxylation is 1. The number of carbonyl (C=O) groups is 2. The zero-order valence-corrected chi connectivity index (χ0v) is 22.7. The van der Waals surface area contributed by atoms with E-state index in [4.69, 9.17) is 9.84 Å². The van der Waals surface area contributed by atoms with Gasteiger partial charge in [-0.1, -0.05) is 38.3 Å². The summed E-state index contributed by atoms with van der Waals surface area (Å²) >= 11 is 1.05. The second-order valence-corrected chi connectivity index (χ2v) is 9.89. The predicted octanol–water partition coefficient (Wildman–Crippen LogP) is 7.50. The topological polar surface area (TPSA) is 88.5 Å². The third-order valence-corrected chi connectivity index (χ3v) is 6.75. The van der Waals surface area contributed by atoms with Gasteiger partial charge in [0.2, 0.25) is 0 Å². The number of rotatable bonds is 14. The molecular formula is C29H31F3N2O4S. The molecule has 0 saturated carbocycles. The Morgan fingerprint density at radius 3 is 2.49 bits per heavy atom. The van der Waals surface area contributed by atoms with Crippen LogP contribution in [0.15, 0.2) is 41.3 Å². The number of hydrogen-bond donors (Lipinski definition) is 2. The minimum atomic E-state index is -1.32. The van der Waals surface area contributed by atoms with Crippen LogP contribution in [0.5, 0.6) is 0 Å². The number of hydrogen-bond acceptors (Lipinski definition) is 5. The lowest BCUT2D eigenvalue weighted by Crippen LogP contribution is -2.13. The molecule has 208 valence electrons. The molecule has 1 heterocycles. The first-order valence-corrected chi connectivity index (χ1v) is 13.6. The summed E-state index contributed by atoms with van der Waals surface area (Å²) in [6.07, 6.45) is 6.59. The van der Waals surface area contributed by atoms with E-state index in [1.54, 1.807) is 23.6 Å². The van der Waals surface area contributed by atoms with Gasteiger partial charge in [-0.15, -0.1) is 11.3 Å². The normalized spacial score (nSPS) is 11.6. The van der Waals surface area contributed by atoms with Crippen molar-refractivity contribution in [3.05, 3.63) is 75.4 Å². The Kier molecular flexibility index (Phi) is 11.2. The van der Waals surface area contributed by atoms with Crippen LogP contribution in [0.3, 0.4) is 0 Å². The van der Waals surface area contributed by atoms with Gasteiger partial charge in [-0.05, 0) is 56.0 Å². The maximum absolute atomic E-state index is 15.2. The molecule has 0 bridgehead atoms. The Hall–Kier alpha value is -3.50. The SMILES string of the molecule is CCCCCCOCCCc1cccc(-c2csc(NC(=O)c3cc(F)c(/C=C(\C)C(=O)O)c(F)c3)n2)c1F. The number of nitrogens with zero attached hydrogens (tertiary/aromatic N) is 1. The number of nitrogens with one attached hydrogen (secondary N) is 1. The molecule has 2 N–H and O–H groups in total. The lowest BCUT2D eigenvalue weighted by atomic mass is 10.0. The van der Waals surface area contributed by atoms with Crippen molar-refractivity contribution in [2.45, 2.75) is 52.4 Å². The summed E-state index contributed by atoms with van der Waals surface area (Å²) in [6.45, 7) is 4.62. The van der Waals surface area contributed by atoms with Gasteiger partial charge in [0, 0.05) is 40.9 Å². The van der Waals surface area contributed by atoms with E-state index in [0.29, 0.717) is 37.3 Å². The second kappa shape index (κ2) is 14.6. The number of unbranched alkanes of at least 4 members (excludes halogenated alkanes) is 3. The second-order valence-electron chi connectivity index (χ2n) is 9.03. The van der Waals surface area contributed by atoms with Crippen molar-refractivity contribution in [1.82, 2.24) is 4.98 Å². The van der Waals surface area contributed by atoms with Crippen molar-refractivity contribution >= 4 is 34.4 Å². The lowest BCUT2D eigenvalue weighted by Gasteiger charge is -2.08. The molecule has 10 heteroatoms. The number of aromatic nitrogens is 1. The molecule has 0 unspecified atom stereocenters. The van der Waals surface area contributed by atoms with Crippen molar-refractivity contribution in [1.29, 1.82) is 0 Å². The summed E-state index contributed by atoms with van der Waals surface area (Å²) in [4.78, 5) is 27.8. The fourth-order valence-corrected chi connectivity index (χ4v) is 4.53. The van der Waals surface area contributed by atoms with Crippen LogP contribution < -0.4 is 5.32 Å². The number of carbonyl (C=O) groups excluding carboxylic acids is 1. The van der Waals surface area contributed by atoms with Crippen LogP contribution in [0, 0.1) is 17.5 Å². The predicted molar refractivity (Wildman–Crippen MR) is 146 cm³/mol. The van der Waals surface area contributed by atoms with E-state index in [-0.39, 0.29) is 21.8 Å². The number of carboxylic acids is 1. The highest BCUT2D eigenvalue weighted by atomic mass is 32.1. The van der Waals surface area contributed by atoms with Gasteiger partial charge in [0.25, 0.3) is 5.91 Å². The third-order valence-electron chi connectivity index (χ3n) is 6.00. The first-order valence-electron chi connectivity index (χ1n) is 12.7. The van der Waals surface area contributed by atoms with Crippen LogP contribution in [0.4, 0.5) is 18.3 Å². The highest BCUT2D eigenvalue weighted by Gasteiger charge is 2.18. The summed E-state index contributed by atoms with van der Waals surface area (Å²) in [5, 5.41) is 13.1. The Morgan fingerprint density at radius 1 is 1.08 bits per heavy atom. The molecule has 1 aromatic heterocycles. The van der Waals surface area contributed by atoms with Crippen LogP contribution in [-0.4, -0.2) is 35.2 Å². The smallest absolute Gasteiger partial charge is 0.331 e. The molecule has 0 saturated heterocycles.